The summed E-state index contributed by atoms with van der Waals surface area (Å²) in [5.41, 5.74) is 2.52. The summed E-state index contributed by atoms with van der Waals surface area (Å²) in [5, 5.41) is 5.73. The second-order valence-electron chi connectivity index (χ2n) is 5.97. The Morgan fingerprint density at radius 3 is 2.48 bits per heavy atom. The van der Waals surface area contributed by atoms with Crippen LogP contribution >= 0.6 is 0 Å². The van der Waals surface area contributed by atoms with E-state index in [1.165, 1.54) is 39.0 Å². The Morgan fingerprint density at radius 1 is 1.14 bits per heavy atom. The molecular formula is C17H24N2O2. The van der Waals surface area contributed by atoms with E-state index >= 15 is 0 Å². The normalized spacial score (nSPS) is 15.5. The van der Waals surface area contributed by atoms with E-state index in [4.69, 9.17) is 0 Å². The fourth-order valence-corrected chi connectivity index (χ4v) is 2.94. The van der Waals surface area contributed by atoms with Crippen LogP contribution in [0.4, 0.5) is 11.4 Å². The summed E-state index contributed by atoms with van der Waals surface area (Å²) in [7, 11) is 0. The maximum atomic E-state index is 12.1. The van der Waals surface area contributed by atoms with Crippen LogP contribution in [0, 0.1) is 12.8 Å². The van der Waals surface area contributed by atoms with E-state index in [0.717, 1.165) is 16.9 Å². The predicted molar refractivity (Wildman–Crippen MR) is 85.3 cm³/mol. The van der Waals surface area contributed by atoms with Crippen molar-refractivity contribution in [3.05, 3.63) is 23.8 Å². The van der Waals surface area contributed by atoms with Gasteiger partial charge in [-0.15, -0.1) is 0 Å². The third-order valence-electron chi connectivity index (χ3n) is 4.02. The van der Waals surface area contributed by atoms with E-state index in [-0.39, 0.29) is 11.8 Å². The lowest BCUT2D eigenvalue weighted by molar-refractivity contribution is -0.117. The molecule has 0 saturated heterocycles. The molecular weight excluding hydrogens is 264 g/mol. The summed E-state index contributed by atoms with van der Waals surface area (Å²) in [6.45, 7) is 3.40. The maximum absolute atomic E-state index is 12.1. The van der Waals surface area contributed by atoms with Gasteiger partial charge in [0.2, 0.25) is 11.8 Å². The monoisotopic (exact) mass is 288 g/mol. The average molecular weight is 288 g/mol. The van der Waals surface area contributed by atoms with Crippen molar-refractivity contribution in [3.8, 4) is 0 Å². The van der Waals surface area contributed by atoms with Crippen molar-refractivity contribution >= 4 is 23.2 Å². The van der Waals surface area contributed by atoms with Gasteiger partial charge in [-0.3, -0.25) is 9.59 Å². The Bertz CT molecular complexity index is 520. The SMILES string of the molecule is CC(=O)Nc1ccc(NC(=O)CC2CCCCC2)cc1C. The molecule has 0 bridgehead atoms. The van der Waals surface area contributed by atoms with Crippen molar-refractivity contribution in [1.82, 2.24) is 0 Å². The number of carbonyl (C=O) groups excluding carboxylic acids is 2. The first kappa shape index (κ1) is 15.5. The number of anilines is 2. The fourth-order valence-electron chi connectivity index (χ4n) is 2.94. The van der Waals surface area contributed by atoms with E-state index < -0.39 is 0 Å². The van der Waals surface area contributed by atoms with Crippen LogP contribution in [0.5, 0.6) is 0 Å². The third kappa shape index (κ3) is 4.88. The van der Waals surface area contributed by atoms with Crippen molar-refractivity contribution in [2.45, 2.75) is 52.4 Å². The number of hydrogen-bond donors (Lipinski definition) is 2. The van der Waals surface area contributed by atoms with Crippen LogP contribution in [-0.2, 0) is 9.59 Å². The lowest BCUT2D eigenvalue weighted by Crippen LogP contribution is -2.18. The molecule has 0 heterocycles. The van der Waals surface area contributed by atoms with Crippen molar-refractivity contribution in [3.63, 3.8) is 0 Å². The highest BCUT2D eigenvalue weighted by molar-refractivity contribution is 5.93. The second-order valence-corrected chi connectivity index (χ2v) is 5.97. The zero-order chi connectivity index (χ0) is 15.2. The first-order valence-corrected chi connectivity index (χ1v) is 7.72. The number of hydrogen-bond acceptors (Lipinski definition) is 2. The van der Waals surface area contributed by atoms with Gasteiger partial charge in [-0.05, 0) is 49.4 Å². The molecule has 2 rings (SSSR count). The second kappa shape index (κ2) is 7.25. The Hall–Kier alpha value is -1.84. The molecule has 1 saturated carbocycles. The summed E-state index contributed by atoms with van der Waals surface area (Å²) >= 11 is 0. The standard InChI is InChI=1S/C17H24N2O2/c1-12-10-15(8-9-16(12)18-13(2)20)19-17(21)11-14-6-4-3-5-7-14/h8-10,14H,3-7,11H2,1-2H3,(H,18,20)(H,19,21). The van der Waals surface area contributed by atoms with Gasteiger partial charge in [-0.1, -0.05) is 19.3 Å². The molecule has 1 aliphatic carbocycles. The van der Waals surface area contributed by atoms with Crippen molar-refractivity contribution < 1.29 is 9.59 Å². The van der Waals surface area contributed by atoms with Crippen LogP contribution in [0.15, 0.2) is 18.2 Å². The van der Waals surface area contributed by atoms with Crippen LogP contribution < -0.4 is 10.6 Å². The number of aryl methyl sites for hydroxylation is 1. The van der Waals surface area contributed by atoms with E-state index in [2.05, 4.69) is 10.6 Å². The van der Waals surface area contributed by atoms with Crippen molar-refractivity contribution in [2.24, 2.45) is 5.92 Å². The molecule has 2 amide bonds. The number of amides is 2. The average Bonchev–Trinajstić information content (AvgIpc) is 2.42. The minimum atomic E-state index is -0.0906. The molecule has 0 radical (unpaired) electrons. The summed E-state index contributed by atoms with van der Waals surface area (Å²) in [4.78, 5) is 23.1. The van der Waals surface area contributed by atoms with E-state index in [1.807, 2.05) is 25.1 Å². The molecule has 114 valence electrons. The lowest BCUT2D eigenvalue weighted by Gasteiger charge is -2.21. The third-order valence-corrected chi connectivity index (χ3v) is 4.02. The number of rotatable bonds is 4. The predicted octanol–water partition coefficient (Wildman–Crippen LogP) is 3.86. The van der Waals surface area contributed by atoms with Gasteiger partial charge in [0.25, 0.3) is 0 Å². The first-order chi connectivity index (χ1) is 10.0. The Balaban J connectivity index is 1.91. The Labute approximate surface area is 126 Å². The summed E-state index contributed by atoms with van der Waals surface area (Å²) in [6, 6.07) is 5.55. The van der Waals surface area contributed by atoms with Crippen LogP contribution in [0.3, 0.4) is 0 Å². The summed E-state index contributed by atoms with van der Waals surface area (Å²) in [5.74, 6) is 0.541. The smallest absolute Gasteiger partial charge is 0.224 e. The van der Waals surface area contributed by atoms with Crippen molar-refractivity contribution in [2.75, 3.05) is 10.6 Å². The first-order valence-electron chi connectivity index (χ1n) is 7.72. The molecule has 21 heavy (non-hydrogen) atoms. The van der Waals surface area contributed by atoms with Crippen LogP contribution in [0.2, 0.25) is 0 Å². The number of nitrogens with one attached hydrogen (secondary N) is 2. The maximum Gasteiger partial charge on any atom is 0.224 e. The van der Waals surface area contributed by atoms with Gasteiger partial charge in [0, 0.05) is 24.7 Å². The molecule has 0 aromatic heterocycles. The molecule has 1 aliphatic rings. The van der Waals surface area contributed by atoms with E-state index in [0.29, 0.717) is 12.3 Å². The zero-order valence-electron chi connectivity index (χ0n) is 12.9. The molecule has 1 fully saturated rings. The quantitative estimate of drug-likeness (QED) is 0.883. The van der Waals surface area contributed by atoms with Crippen molar-refractivity contribution in [1.29, 1.82) is 0 Å². The van der Waals surface area contributed by atoms with Gasteiger partial charge in [-0.2, -0.15) is 0 Å². The number of benzene rings is 1. The molecule has 0 aliphatic heterocycles. The van der Waals surface area contributed by atoms with Gasteiger partial charge in [0.15, 0.2) is 0 Å². The molecule has 0 unspecified atom stereocenters. The van der Waals surface area contributed by atoms with E-state index in [1.54, 1.807) is 0 Å². The summed E-state index contributed by atoms with van der Waals surface area (Å²) in [6.07, 6.45) is 6.78. The van der Waals surface area contributed by atoms with E-state index in [9.17, 15) is 9.59 Å². The largest absolute Gasteiger partial charge is 0.326 e. The molecule has 0 atom stereocenters. The molecule has 0 spiro atoms. The molecule has 2 N–H and O–H groups in total. The van der Waals surface area contributed by atoms with Crippen LogP contribution in [-0.4, -0.2) is 11.8 Å². The highest BCUT2D eigenvalue weighted by Gasteiger charge is 2.17. The summed E-state index contributed by atoms with van der Waals surface area (Å²) < 4.78 is 0. The fraction of sp³-hybridized carbons (Fsp3) is 0.529. The van der Waals surface area contributed by atoms with Gasteiger partial charge in [0.1, 0.15) is 0 Å². The Morgan fingerprint density at radius 2 is 1.86 bits per heavy atom. The molecule has 4 heteroatoms. The minimum absolute atomic E-state index is 0.0906. The van der Waals surface area contributed by atoms with Gasteiger partial charge in [0.05, 0.1) is 0 Å². The highest BCUT2D eigenvalue weighted by atomic mass is 16.2. The Kier molecular flexibility index (Phi) is 5.37. The highest BCUT2D eigenvalue weighted by Crippen LogP contribution is 2.27. The minimum Gasteiger partial charge on any atom is -0.326 e. The molecule has 1 aromatic rings. The number of carbonyl (C=O) groups is 2. The molecule has 4 nitrogen and oxygen atoms in total. The van der Waals surface area contributed by atoms with Gasteiger partial charge in [-0.25, -0.2) is 0 Å². The lowest BCUT2D eigenvalue weighted by atomic mass is 9.87. The van der Waals surface area contributed by atoms with Gasteiger partial charge < -0.3 is 10.6 Å². The topological polar surface area (TPSA) is 58.2 Å². The van der Waals surface area contributed by atoms with Crippen LogP contribution in [0.1, 0.15) is 51.0 Å². The molecule has 1 aromatic carbocycles. The zero-order valence-corrected chi connectivity index (χ0v) is 12.9. The van der Waals surface area contributed by atoms with Crippen LogP contribution in [0.25, 0.3) is 0 Å². The van der Waals surface area contributed by atoms with Gasteiger partial charge >= 0.3 is 0 Å².